The van der Waals surface area contributed by atoms with Gasteiger partial charge in [-0.25, -0.2) is 0 Å². The highest BCUT2D eigenvalue weighted by molar-refractivity contribution is 8.00. The lowest BCUT2D eigenvalue weighted by Crippen LogP contribution is -2.41. The molecule has 1 amide bonds. The Morgan fingerprint density at radius 2 is 1.90 bits per heavy atom. The van der Waals surface area contributed by atoms with Gasteiger partial charge in [-0.05, 0) is 30.5 Å². The first-order valence-electron chi connectivity index (χ1n) is 6.00. The van der Waals surface area contributed by atoms with E-state index in [1.54, 1.807) is 12.1 Å². The Morgan fingerprint density at radius 1 is 1.24 bits per heavy atom. The Kier molecular flexibility index (Phi) is 5.86. The van der Waals surface area contributed by atoms with Crippen molar-refractivity contribution >= 4 is 63.8 Å². The number of benzene rings is 1. The molecule has 2 nitrogen and oxygen atoms in total. The van der Waals surface area contributed by atoms with Crippen molar-refractivity contribution in [2.24, 2.45) is 0 Å². The van der Waals surface area contributed by atoms with E-state index in [1.165, 1.54) is 23.1 Å². The number of hydrogen-bond donors (Lipinski definition) is 1. The van der Waals surface area contributed by atoms with Crippen LogP contribution in [-0.4, -0.2) is 15.1 Å². The zero-order valence-electron chi connectivity index (χ0n) is 11.0. The molecule has 0 unspecified atom stereocenters. The summed E-state index contributed by atoms with van der Waals surface area (Å²) in [4.78, 5) is 13.6. The number of rotatable bonds is 4. The first-order valence-corrected chi connectivity index (χ1v) is 8.90. The molecule has 0 saturated heterocycles. The number of hydrogen-bond acceptors (Lipinski definition) is 3. The molecule has 2 aromatic rings. The Bertz CT molecular complexity index is 594. The van der Waals surface area contributed by atoms with Crippen LogP contribution in [0, 0.1) is 6.92 Å². The van der Waals surface area contributed by atoms with Crippen LogP contribution >= 0.6 is 57.9 Å². The number of carbonyl (C=O) groups excluding carboxylic acids is 1. The number of thiophene rings is 1. The number of halogens is 3. The summed E-state index contributed by atoms with van der Waals surface area (Å²) in [5.41, 5.74) is 1.15. The number of alkyl halides is 3. The highest BCUT2D eigenvalue weighted by Gasteiger charge is 2.35. The normalized spacial score (nSPS) is 13.0. The summed E-state index contributed by atoms with van der Waals surface area (Å²) < 4.78 is -1.61. The van der Waals surface area contributed by atoms with E-state index in [4.69, 9.17) is 34.8 Å². The Labute approximate surface area is 146 Å². The van der Waals surface area contributed by atoms with E-state index >= 15 is 0 Å². The smallest absolute Gasteiger partial charge is 0.262 e. The number of amides is 1. The van der Waals surface area contributed by atoms with Crippen molar-refractivity contribution in [1.82, 2.24) is 5.32 Å². The van der Waals surface area contributed by atoms with Gasteiger partial charge in [0.25, 0.3) is 5.91 Å². The van der Waals surface area contributed by atoms with E-state index in [0.29, 0.717) is 4.88 Å². The molecule has 0 aliphatic rings. The molecule has 1 aromatic carbocycles. The fourth-order valence-electron chi connectivity index (χ4n) is 1.53. The summed E-state index contributed by atoms with van der Waals surface area (Å²) in [5.74, 6) is -0.249. The molecule has 112 valence electrons. The third-order valence-corrected chi connectivity index (χ3v) is 5.74. The summed E-state index contributed by atoms with van der Waals surface area (Å²) in [7, 11) is 0. The average molecular weight is 381 g/mol. The molecular formula is C14H12Cl3NOS2. The van der Waals surface area contributed by atoms with Crippen LogP contribution in [0.15, 0.2) is 46.7 Å². The molecule has 2 rings (SSSR count). The fourth-order valence-corrected chi connectivity index (χ4v) is 3.59. The van der Waals surface area contributed by atoms with Crippen molar-refractivity contribution in [3.8, 4) is 0 Å². The van der Waals surface area contributed by atoms with Crippen LogP contribution in [0.1, 0.15) is 15.2 Å². The number of carbonyl (C=O) groups is 1. The van der Waals surface area contributed by atoms with E-state index in [2.05, 4.69) is 5.32 Å². The average Bonchev–Trinajstić information content (AvgIpc) is 2.93. The topological polar surface area (TPSA) is 29.1 Å². The molecule has 1 aromatic heterocycles. The molecule has 7 heteroatoms. The predicted molar refractivity (Wildman–Crippen MR) is 92.9 cm³/mol. The maximum absolute atomic E-state index is 12.1. The van der Waals surface area contributed by atoms with Gasteiger partial charge in [-0.1, -0.05) is 70.3 Å². The molecule has 0 spiro atoms. The molecule has 21 heavy (non-hydrogen) atoms. The Balaban J connectivity index is 2.12. The SMILES string of the molecule is Cc1ccc(S[C@@H](NC(=O)c2cccs2)C(Cl)(Cl)Cl)cc1. The second-order valence-electron chi connectivity index (χ2n) is 4.30. The van der Waals surface area contributed by atoms with Gasteiger partial charge in [0.05, 0.1) is 4.88 Å². The molecule has 1 atom stereocenters. The predicted octanol–water partition coefficient (Wildman–Crippen LogP) is 5.27. The van der Waals surface area contributed by atoms with Gasteiger partial charge in [0.1, 0.15) is 5.37 Å². The molecule has 0 aliphatic carbocycles. The molecule has 0 radical (unpaired) electrons. The van der Waals surface area contributed by atoms with Gasteiger partial charge in [0, 0.05) is 4.90 Å². The van der Waals surface area contributed by atoms with Gasteiger partial charge < -0.3 is 5.32 Å². The lowest BCUT2D eigenvalue weighted by molar-refractivity contribution is 0.0954. The van der Waals surface area contributed by atoms with Crippen molar-refractivity contribution in [1.29, 1.82) is 0 Å². The first kappa shape index (κ1) is 17.0. The lowest BCUT2D eigenvalue weighted by atomic mass is 10.2. The molecule has 1 heterocycles. The van der Waals surface area contributed by atoms with E-state index < -0.39 is 9.17 Å². The van der Waals surface area contributed by atoms with Crippen molar-refractivity contribution in [3.05, 3.63) is 52.2 Å². The fraction of sp³-hybridized carbons (Fsp3) is 0.214. The summed E-state index contributed by atoms with van der Waals surface area (Å²) in [6.07, 6.45) is 0. The van der Waals surface area contributed by atoms with Crippen molar-refractivity contribution in [3.63, 3.8) is 0 Å². The second kappa shape index (κ2) is 7.25. The van der Waals surface area contributed by atoms with Gasteiger partial charge in [0.15, 0.2) is 0 Å². The van der Waals surface area contributed by atoms with Crippen LogP contribution in [-0.2, 0) is 0 Å². The molecule has 0 bridgehead atoms. The summed E-state index contributed by atoms with van der Waals surface area (Å²) in [6, 6.07) is 11.3. The minimum atomic E-state index is -1.61. The van der Waals surface area contributed by atoms with Gasteiger partial charge in [-0.2, -0.15) is 0 Å². The van der Waals surface area contributed by atoms with Crippen molar-refractivity contribution < 1.29 is 4.79 Å². The standard InChI is InChI=1S/C14H12Cl3NOS2/c1-9-4-6-10(7-5-9)21-13(14(15,16)17)18-12(19)11-3-2-8-20-11/h2-8,13H,1H3,(H,18,19)/t13-/m1/s1. The Morgan fingerprint density at radius 3 is 2.43 bits per heavy atom. The maximum atomic E-state index is 12.1. The van der Waals surface area contributed by atoms with Crippen LogP contribution in [0.4, 0.5) is 0 Å². The molecular weight excluding hydrogens is 369 g/mol. The van der Waals surface area contributed by atoms with Crippen molar-refractivity contribution in [2.75, 3.05) is 0 Å². The summed E-state index contributed by atoms with van der Waals surface area (Å²) >= 11 is 20.6. The lowest BCUT2D eigenvalue weighted by Gasteiger charge is -2.24. The molecule has 0 saturated carbocycles. The van der Waals surface area contributed by atoms with Gasteiger partial charge in [0.2, 0.25) is 3.79 Å². The Hall–Kier alpha value is -0.390. The number of nitrogens with one attached hydrogen (secondary N) is 1. The van der Waals surface area contributed by atoms with E-state index in [1.807, 2.05) is 36.6 Å². The zero-order chi connectivity index (χ0) is 15.5. The summed E-state index contributed by atoms with van der Waals surface area (Å²) in [5, 5.41) is 3.91. The van der Waals surface area contributed by atoms with E-state index in [9.17, 15) is 4.79 Å². The zero-order valence-corrected chi connectivity index (χ0v) is 14.9. The van der Waals surface area contributed by atoms with Gasteiger partial charge in [-0.15, -0.1) is 11.3 Å². The molecule has 1 N–H and O–H groups in total. The van der Waals surface area contributed by atoms with E-state index in [0.717, 1.165) is 10.5 Å². The minimum Gasteiger partial charge on any atom is -0.335 e. The van der Waals surface area contributed by atoms with Crippen LogP contribution in [0.3, 0.4) is 0 Å². The van der Waals surface area contributed by atoms with Crippen LogP contribution in [0.25, 0.3) is 0 Å². The maximum Gasteiger partial charge on any atom is 0.262 e. The first-order chi connectivity index (χ1) is 9.86. The third-order valence-electron chi connectivity index (χ3n) is 2.58. The summed E-state index contributed by atoms with van der Waals surface area (Å²) in [6.45, 7) is 2.00. The quantitative estimate of drug-likeness (QED) is 0.444. The highest BCUT2D eigenvalue weighted by atomic mass is 35.6. The number of thioether (sulfide) groups is 1. The van der Waals surface area contributed by atoms with Gasteiger partial charge in [-0.3, -0.25) is 4.79 Å². The number of aryl methyl sites for hydroxylation is 1. The third kappa shape index (κ3) is 5.08. The molecule has 0 fully saturated rings. The second-order valence-corrected chi connectivity index (χ2v) is 8.80. The van der Waals surface area contributed by atoms with Crippen LogP contribution in [0.5, 0.6) is 0 Å². The van der Waals surface area contributed by atoms with E-state index in [-0.39, 0.29) is 5.91 Å². The highest BCUT2D eigenvalue weighted by Crippen LogP contribution is 2.39. The molecule has 0 aliphatic heterocycles. The largest absolute Gasteiger partial charge is 0.335 e. The minimum absolute atomic E-state index is 0.249. The van der Waals surface area contributed by atoms with Crippen molar-refractivity contribution in [2.45, 2.75) is 21.0 Å². The van der Waals surface area contributed by atoms with Crippen LogP contribution in [0.2, 0.25) is 0 Å². The monoisotopic (exact) mass is 379 g/mol. The van der Waals surface area contributed by atoms with Crippen LogP contribution < -0.4 is 5.32 Å². The van der Waals surface area contributed by atoms with Gasteiger partial charge >= 0.3 is 0 Å².